The maximum absolute atomic E-state index is 13.1. The van der Waals surface area contributed by atoms with Gasteiger partial charge in [-0.3, -0.25) is 4.79 Å². The normalized spacial score (nSPS) is 18.2. The third-order valence-corrected chi connectivity index (χ3v) is 7.03. The second kappa shape index (κ2) is 10.1. The lowest BCUT2D eigenvalue weighted by Gasteiger charge is -2.31. The SMILES string of the molecule is COc1ccccc1OC[C@H](C)NC(=O)[C@H]1CCCN(S(=O)(=O)c2ccc(F)cc2)C1. The average Bonchev–Trinajstić information content (AvgIpc) is 2.78. The number of methoxy groups -OCH3 is 1. The first-order valence-electron chi connectivity index (χ1n) is 10.1. The van der Waals surface area contributed by atoms with Crippen molar-refractivity contribution in [2.75, 3.05) is 26.8 Å². The number of benzene rings is 2. The number of nitrogens with one attached hydrogen (secondary N) is 1. The summed E-state index contributed by atoms with van der Waals surface area (Å²) in [6, 6.07) is 11.7. The zero-order chi connectivity index (χ0) is 22.4. The van der Waals surface area contributed by atoms with E-state index in [4.69, 9.17) is 9.47 Å². The van der Waals surface area contributed by atoms with Gasteiger partial charge < -0.3 is 14.8 Å². The molecule has 0 aliphatic carbocycles. The van der Waals surface area contributed by atoms with Crippen LogP contribution in [0, 0.1) is 11.7 Å². The van der Waals surface area contributed by atoms with Crippen LogP contribution in [0.15, 0.2) is 53.4 Å². The summed E-state index contributed by atoms with van der Waals surface area (Å²) in [4.78, 5) is 12.8. The molecule has 1 heterocycles. The van der Waals surface area contributed by atoms with Crippen molar-refractivity contribution in [2.24, 2.45) is 5.92 Å². The van der Waals surface area contributed by atoms with Crippen LogP contribution >= 0.6 is 0 Å². The maximum Gasteiger partial charge on any atom is 0.243 e. The molecule has 1 fully saturated rings. The Kier molecular flexibility index (Phi) is 7.50. The molecule has 3 rings (SSSR count). The summed E-state index contributed by atoms with van der Waals surface area (Å²) in [5.41, 5.74) is 0. The van der Waals surface area contributed by atoms with Gasteiger partial charge in [-0.1, -0.05) is 12.1 Å². The number of ether oxygens (including phenoxy) is 2. The van der Waals surface area contributed by atoms with Crippen molar-refractivity contribution in [3.05, 3.63) is 54.3 Å². The first-order chi connectivity index (χ1) is 14.8. The number of amides is 1. The molecule has 0 aromatic heterocycles. The van der Waals surface area contributed by atoms with Crippen LogP contribution in [0.2, 0.25) is 0 Å². The Labute approximate surface area is 182 Å². The van der Waals surface area contributed by atoms with Gasteiger partial charge in [-0.25, -0.2) is 12.8 Å². The van der Waals surface area contributed by atoms with Crippen LogP contribution in [0.1, 0.15) is 19.8 Å². The van der Waals surface area contributed by atoms with E-state index in [1.165, 1.54) is 16.4 Å². The molecule has 2 aromatic rings. The Bertz CT molecular complexity index is 997. The molecule has 9 heteroatoms. The average molecular weight is 451 g/mol. The minimum Gasteiger partial charge on any atom is -0.493 e. The molecule has 1 aliphatic heterocycles. The Morgan fingerprint density at radius 1 is 1.19 bits per heavy atom. The molecular weight excluding hydrogens is 423 g/mol. The van der Waals surface area contributed by atoms with Crippen LogP contribution in [0.3, 0.4) is 0 Å². The first-order valence-corrected chi connectivity index (χ1v) is 11.6. The van der Waals surface area contributed by atoms with Gasteiger partial charge in [-0.2, -0.15) is 4.31 Å². The largest absolute Gasteiger partial charge is 0.493 e. The molecule has 1 saturated heterocycles. The fraction of sp³-hybridized carbons (Fsp3) is 0.409. The number of rotatable bonds is 8. The Morgan fingerprint density at radius 2 is 1.87 bits per heavy atom. The van der Waals surface area contributed by atoms with Gasteiger partial charge in [-0.05, 0) is 56.2 Å². The molecule has 2 aromatic carbocycles. The molecule has 2 atom stereocenters. The van der Waals surface area contributed by atoms with E-state index in [0.717, 1.165) is 12.1 Å². The summed E-state index contributed by atoms with van der Waals surface area (Å²) in [6.07, 6.45) is 1.17. The summed E-state index contributed by atoms with van der Waals surface area (Å²) in [7, 11) is -2.22. The molecule has 0 spiro atoms. The molecule has 1 aliphatic rings. The quantitative estimate of drug-likeness (QED) is 0.669. The number of halogens is 1. The molecule has 1 N–H and O–H groups in total. The van der Waals surface area contributed by atoms with Gasteiger partial charge in [0.1, 0.15) is 12.4 Å². The Morgan fingerprint density at radius 3 is 2.55 bits per heavy atom. The zero-order valence-corrected chi connectivity index (χ0v) is 18.4. The molecule has 0 radical (unpaired) electrons. The lowest BCUT2D eigenvalue weighted by molar-refractivity contribution is -0.126. The highest BCUT2D eigenvalue weighted by atomic mass is 32.2. The Hall–Kier alpha value is -2.65. The zero-order valence-electron chi connectivity index (χ0n) is 17.6. The molecule has 1 amide bonds. The van der Waals surface area contributed by atoms with Crippen molar-refractivity contribution in [3.8, 4) is 11.5 Å². The van der Waals surface area contributed by atoms with Crippen molar-refractivity contribution in [1.82, 2.24) is 9.62 Å². The number of hydrogen-bond donors (Lipinski definition) is 1. The number of carbonyl (C=O) groups is 1. The smallest absolute Gasteiger partial charge is 0.243 e. The number of carbonyl (C=O) groups excluding carboxylic acids is 1. The monoisotopic (exact) mass is 450 g/mol. The summed E-state index contributed by atoms with van der Waals surface area (Å²) >= 11 is 0. The minimum absolute atomic E-state index is 0.0218. The molecule has 0 unspecified atom stereocenters. The van der Waals surface area contributed by atoms with Gasteiger partial charge in [0.05, 0.1) is 24.0 Å². The van der Waals surface area contributed by atoms with Gasteiger partial charge in [-0.15, -0.1) is 0 Å². The van der Waals surface area contributed by atoms with Gasteiger partial charge in [0.2, 0.25) is 15.9 Å². The van der Waals surface area contributed by atoms with Crippen LogP contribution < -0.4 is 14.8 Å². The Balaban J connectivity index is 1.57. The molecule has 0 saturated carbocycles. The third-order valence-electron chi connectivity index (χ3n) is 5.15. The van der Waals surface area contributed by atoms with Crippen LogP contribution in [0.25, 0.3) is 0 Å². The lowest BCUT2D eigenvalue weighted by Crippen LogP contribution is -2.48. The van der Waals surface area contributed by atoms with Crippen molar-refractivity contribution >= 4 is 15.9 Å². The van der Waals surface area contributed by atoms with E-state index in [1.807, 2.05) is 19.1 Å². The molecule has 0 bridgehead atoms. The predicted molar refractivity (Wildman–Crippen MR) is 114 cm³/mol. The maximum atomic E-state index is 13.1. The van der Waals surface area contributed by atoms with Crippen molar-refractivity contribution in [2.45, 2.75) is 30.7 Å². The summed E-state index contributed by atoms with van der Waals surface area (Å²) < 4.78 is 51.1. The minimum atomic E-state index is -3.78. The lowest BCUT2D eigenvalue weighted by atomic mass is 9.98. The van der Waals surface area contributed by atoms with Crippen molar-refractivity contribution in [3.63, 3.8) is 0 Å². The fourth-order valence-electron chi connectivity index (χ4n) is 3.49. The van der Waals surface area contributed by atoms with Crippen LogP contribution in [0.4, 0.5) is 4.39 Å². The van der Waals surface area contributed by atoms with Crippen molar-refractivity contribution in [1.29, 1.82) is 0 Å². The van der Waals surface area contributed by atoms with E-state index in [1.54, 1.807) is 19.2 Å². The summed E-state index contributed by atoms with van der Waals surface area (Å²) in [5, 5.41) is 2.90. The highest BCUT2D eigenvalue weighted by Gasteiger charge is 2.33. The predicted octanol–water partition coefficient (Wildman–Crippen LogP) is 2.82. The molecule has 168 valence electrons. The number of nitrogens with zero attached hydrogens (tertiary/aromatic N) is 1. The van der Waals surface area contributed by atoms with E-state index in [0.29, 0.717) is 30.9 Å². The summed E-state index contributed by atoms with van der Waals surface area (Å²) in [5.74, 6) is 0.0160. The number of hydrogen-bond acceptors (Lipinski definition) is 5. The second-order valence-electron chi connectivity index (χ2n) is 7.53. The van der Waals surface area contributed by atoms with E-state index < -0.39 is 21.8 Å². The van der Waals surface area contributed by atoms with Crippen LogP contribution in [0.5, 0.6) is 11.5 Å². The van der Waals surface area contributed by atoms with E-state index in [2.05, 4.69) is 5.32 Å². The van der Waals surface area contributed by atoms with Crippen LogP contribution in [-0.2, 0) is 14.8 Å². The van der Waals surface area contributed by atoms with E-state index in [9.17, 15) is 17.6 Å². The van der Waals surface area contributed by atoms with Crippen molar-refractivity contribution < 1.29 is 27.1 Å². The topological polar surface area (TPSA) is 84.9 Å². The molecule has 7 nitrogen and oxygen atoms in total. The van der Waals surface area contributed by atoms with E-state index >= 15 is 0 Å². The van der Waals surface area contributed by atoms with Crippen LogP contribution in [-0.4, -0.2) is 51.5 Å². The second-order valence-corrected chi connectivity index (χ2v) is 9.47. The first kappa shape index (κ1) is 23.0. The molecule has 31 heavy (non-hydrogen) atoms. The molecular formula is C22H27FN2O5S. The third kappa shape index (κ3) is 5.74. The highest BCUT2D eigenvalue weighted by molar-refractivity contribution is 7.89. The number of piperidine rings is 1. The highest BCUT2D eigenvalue weighted by Crippen LogP contribution is 2.26. The van der Waals surface area contributed by atoms with Gasteiger partial charge >= 0.3 is 0 Å². The number of sulfonamides is 1. The summed E-state index contributed by atoms with van der Waals surface area (Å²) in [6.45, 7) is 2.49. The number of para-hydroxylation sites is 2. The standard InChI is InChI=1S/C22H27FN2O5S/c1-16(15-30-21-8-4-3-7-20(21)29-2)24-22(26)17-6-5-13-25(14-17)31(27,28)19-11-9-18(23)10-12-19/h3-4,7-12,16-17H,5-6,13-15H2,1-2H3,(H,24,26)/t16-,17-/m0/s1. The van der Waals surface area contributed by atoms with Gasteiger partial charge in [0.15, 0.2) is 11.5 Å². The van der Waals surface area contributed by atoms with Gasteiger partial charge in [0.25, 0.3) is 0 Å². The fourth-order valence-corrected chi connectivity index (χ4v) is 5.01. The van der Waals surface area contributed by atoms with Gasteiger partial charge in [0, 0.05) is 13.1 Å². The van der Waals surface area contributed by atoms with E-state index in [-0.39, 0.29) is 30.0 Å².